The Labute approximate surface area is 150 Å². The Hall–Kier alpha value is -1.88. The molecule has 0 atom stereocenters. The maximum absolute atomic E-state index is 6.02. The SMILES string of the molecule is COc1cc(Cn2nnc3c(Cl)nc(N)nc32)c(I)c(OC)c1. The van der Waals surface area contributed by atoms with Crippen LogP contribution in [-0.2, 0) is 6.54 Å². The molecule has 0 saturated heterocycles. The van der Waals surface area contributed by atoms with Crippen LogP contribution >= 0.6 is 34.2 Å². The minimum absolute atomic E-state index is 0.0731. The first kappa shape index (κ1) is 16.0. The second kappa shape index (κ2) is 6.32. The van der Waals surface area contributed by atoms with Crippen molar-refractivity contribution in [2.75, 3.05) is 20.0 Å². The molecule has 10 heteroatoms. The van der Waals surface area contributed by atoms with Crippen LogP contribution in [0, 0.1) is 3.57 Å². The Kier molecular flexibility index (Phi) is 4.39. The molecule has 8 nitrogen and oxygen atoms in total. The molecular formula is C13H12ClIN6O2. The molecule has 120 valence electrons. The summed E-state index contributed by atoms with van der Waals surface area (Å²) < 4.78 is 13.2. The van der Waals surface area contributed by atoms with Crippen LogP contribution in [0.15, 0.2) is 12.1 Å². The Morgan fingerprint density at radius 2 is 2.04 bits per heavy atom. The van der Waals surface area contributed by atoms with E-state index in [0.29, 0.717) is 23.5 Å². The Morgan fingerprint density at radius 3 is 2.74 bits per heavy atom. The summed E-state index contributed by atoms with van der Waals surface area (Å²) in [5.41, 5.74) is 7.48. The summed E-state index contributed by atoms with van der Waals surface area (Å²) in [6.45, 7) is 0.412. The molecule has 2 N–H and O–H groups in total. The lowest BCUT2D eigenvalue weighted by Crippen LogP contribution is -2.07. The van der Waals surface area contributed by atoms with Gasteiger partial charge in [-0.1, -0.05) is 16.8 Å². The van der Waals surface area contributed by atoms with Crippen molar-refractivity contribution in [2.45, 2.75) is 6.54 Å². The van der Waals surface area contributed by atoms with Gasteiger partial charge in [0.2, 0.25) is 5.95 Å². The van der Waals surface area contributed by atoms with Gasteiger partial charge in [-0.2, -0.15) is 9.97 Å². The van der Waals surface area contributed by atoms with E-state index in [1.165, 1.54) is 0 Å². The molecule has 0 spiro atoms. The van der Waals surface area contributed by atoms with Gasteiger partial charge in [-0.15, -0.1) is 5.10 Å². The van der Waals surface area contributed by atoms with Gasteiger partial charge in [-0.05, 0) is 34.2 Å². The van der Waals surface area contributed by atoms with Gasteiger partial charge >= 0.3 is 0 Å². The summed E-state index contributed by atoms with van der Waals surface area (Å²) in [5.74, 6) is 1.48. The van der Waals surface area contributed by atoms with Crippen molar-refractivity contribution in [3.63, 3.8) is 0 Å². The molecular weight excluding hydrogens is 435 g/mol. The molecule has 0 bridgehead atoms. The number of benzene rings is 1. The smallest absolute Gasteiger partial charge is 0.223 e. The first-order valence-corrected chi connectivity index (χ1v) is 7.91. The van der Waals surface area contributed by atoms with Gasteiger partial charge in [0.25, 0.3) is 0 Å². The third kappa shape index (κ3) is 2.98. The van der Waals surface area contributed by atoms with E-state index in [0.717, 1.165) is 14.9 Å². The molecule has 3 rings (SSSR count). The van der Waals surface area contributed by atoms with Crippen molar-refractivity contribution < 1.29 is 9.47 Å². The summed E-state index contributed by atoms with van der Waals surface area (Å²) >= 11 is 8.23. The molecule has 0 aliphatic carbocycles. The quantitative estimate of drug-likeness (QED) is 0.484. The summed E-state index contributed by atoms with van der Waals surface area (Å²) in [6, 6.07) is 3.73. The van der Waals surface area contributed by atoms with E-state index in [4.69, 9.17) is 26.8 Å². The number of aromatic nitrogens is 5. The number of fused-ring (bicyclic) bond motifs is 1. The van der Waals surface area contributed by atoms with Crippen molar-refractivity contribution in [1.82, 2.24) is 25.0 Å². The highest BCUT2D eigenvalue weighted by atomic mass is 127. The molecule has 0 radical (unpaired) electrons. The van der Waals surface area contributed by atoms with Crippen LogP contribution in [0.1, 0.15) is 5.56 Å². The van der Waals surface area contributed by atoms with E-state index in [2.05, 4.69) is 42.9 Å². The van der Waals surface area contributed by atoms with Crippen LogP contribution in [0.25, 0.3) is 11.2 Å². The van der Waals surface area contributed by atoms with Crippen LogP contribution in [0.2, 0.25) is 5.15 Å². The predicted octanol–water partition coefficient (Wildman–Crippen LogP) is 2.13. The van der Waals surface area contributed by atoms with Crippen LogP contribution in [0.5, 0.6) is 11.5 Å². The minimum atomic E-state index is 0.0731. The standard InChI is InChI=1S/C13H12ClIN6O2/c1-22-7-3-6(9(15)8(4-7)23-2)5-21-12-10(19-20-21)11(14)17-13(16)18-12/h3-4H,5H2,1-2H3,(H2,16,17,18). The molecule has 0 saturated carbocycles. The van der Waals surface area contributed by atoms with Crippen molar-refractivity contribution >= 4 is 51.3 Å². The second-order valence-corrected chi connectivity index (χ2v) is 6.03. The summed E-state index contributed by atoms with van der Waals surface area (Å²) in [5, 5.41) is 8.27. The Morgan fingerprint density at radius 1 is 1.26 bits per heavy atom. The number of rotatable bonds is 4. The number of hydrogen-bond donors (Lipinski definition) is 1. The third-order valence-electron chi connectivity index (χ3n) is 3.20. The van der Waals surface area contributed by atoms with E-state index in [-0.39, 0.29) is 11.1 Å². The number of nitrogens with zero attached hydrogens (tertiary/aromatic N) is 5. The molecule has 23 heavy (non-hydrogen) atoms. The monoisotopic (exact) mass is 446 g/mol. The lowest BCUT2D eigenvalue weighted by Gasteiger charge is -2.12. The van der Waals surface area contributed by atoms with Gasteiger partial charge in [0, 0.05) is 6.07 Å². The van der Waals surface area contributed by atoms with E-state index in [9.17, 15) is 0 Å². The van der Waals surface area contributed by atoms with Crippen molar-refractivity contribution in [3.05, 3.63) is 26.4 Å². The maximum Gasteiger partial charge on any atom is 0.223 e. The highest BCUT2D eigenvalue weighted by Crippen LogP contribution is 2.31. The molecule has 0 unspecified atom stereocenters. The van der Waals surface area contributed by atoms with Crippen molar-refractivity contribution in [2.24, 2.45) is 0 Å². The van der Waals surface area contributed by atoms with E-state index < -0.39 is 0 Å². The third-order valence-corrected chi connectivity index (χ3v) is 4.69. The first-order chi connectivity index (χ1) is 11.0. The van der Waals surface area contributed by atoms with Crippen LogP contribution in [0.3, 0.4) is 0 Å². The second-order valence-electron chi connectivity index (χ2n) is 4.59. The molecule has 0 aliphatic heterocycles. The topological polar surface area (TPSA) is 101 Å². The molecule has 0 aliphatic rings. The number of methoxy groups -OCH3 is 2. The number of hydrogen-bond acceptors (Lipinski definition) is 7. The van der Waals surface area contributed by atoms with E-state index >= 15 is 0 Å². The van der Waals surface area contributed by atoms with Crippen LogP contribution < -0.4 is 15.2 Å². The number of nitrogens with two attached hydrogens (primary N) is 1. The molecule has 0 fully saturated rings. The maximum atomic E-state index is 6.02. The fraction of sp³-hybridized carbons (Fsp3) is 0.231. The van der Waals surface area contributed by atoms with Gasteiger partial charge in [-0.3, -0.25) is 0 Å². The van der Waals surface area contributed by atoms with E-state index in [1.54, 1.807) is 18.9 Å². The highest BCUT2D eigenvalue weighted by molar-refractivity contribution is 14.1. The number of nitrogen functional groups attached to an aromatic ring is 1. The average Bonchev–Trinajstić information content (AvgIpc) is 2.92. The number of ether oxygens (including phenoxy) is 2. The van der Waals surface area contributed by atoms with Gasteiger partial charge in [0.1, 0.15) is 11.5 Å². The molecule has 0 amide bonds. The van der Waals surface area contributed by atoms with Gasteiger partial charge < -0.3 is 15.2 Å². The molecule has 3 aromatic rings. The highest BCUT2D eigenvalue weighted by Gasteiger charge is 2.16. The molecule has 2 aromatic heterocycles. The minimum Gasteiger partial charge on any atom is -0.497 e. The Bertz CT molecular complexity index is 885. The van der Waals surface area contributed by atoms with Gasteiger partial charge in [0.15, 0.2) is 16.3 Å². The molecule has 2 heterocycles. The van der Waals surface area contributed by atoms with Crippen molar-refractivity contribution in [1.29, 1.82) is 0 Å². The van der Waals surface area contributed by atoms with Gasteiger partial charge in [0.05, 0.1) is 24.3 Å². The largest absolute Gasteiger partial charge is 0.497 e. The normalized spacial score (nSPS) is 11.0. The zero-order valence-electron chi connectivity index (χ0n) is 12.2. The zero-order valence-corrected chi connectivity index (χ0v) is 15.2. The summed E-state index contributed by atoms with van der Waals surface area (Å²) in [6.07, 6.45) is 0. The predicted molar refractivity (Wildman–Crippen MR) is 93.9 cm³/mol. The molecule has 1 aromatic carbocycles. The number of halogens is 2. The lowest BCUT2D eigenvalue weighted by atomic mass is 10.2. The fourth-order valence-corrected chi connectivity index (χ4v) is 3.03. The zero-order chi connectivity index (χ0) is 16.6. The summed E-state index contributed by atoms with van der Waals surface area (Å²) in [7, 11) is 3.21. The van der Waals surface area contributed by atoms with E-state index in [1.807, 2.05) is 12.1 Å². The van der Waals surface area contributed by atoms with Crippen LogP contribution in [-0.4, -0.2) is 39.2 Å². The number of anilines is 1. The fourth-order valence-electron chi connectivity index (χ4n) is 2.12. The lowest BCUT2D eigenvalue weighted by molar-refractivity contribution is 0.391. The van der Waals surface area contributed by atoms with Crippen LogP contribution in [0.4, 0.5) is 5.95 Å². The van der Waals surface area contributed by atoms with Gasteiger partial charge in [-0.25, -0.2) is 4.68 Å². The first-order valence-electron chi connectivity index (χ1n) is 6.46. The summed E-state index contributed by atoms with van der Waals surface area (Å²) in [4.78, 5) is 8.03. The average molecular weight is 447 g/mol. The van der Waals surface area contributed by atoms with Crippen molar-refractivity contribution in [3.8, 4) is 11.5 Å². The Balaban J connectivity index is 2.09.